The predicted octanol–water partition coefficient (Wildman–Crippen LogP) is 3.21. The van der Waals surface area contributed by atoms with Crippen molar-refractivity contribution in [1.29, 1.82) is 0 Å². The molecule has 0 fully saturated rings. The Kier molecular flexibility index (Phi) is 7.59. The molecule has 0 aliphatic rings. The molecule has 1 amide bonds. The van der Waals surface area contributed by atoms with E-state index in [0.29, 0.717) is 12.3 Å². The fourth-order valence-electron chi connectivity index (χ4n) is 2.23. The van der Waals surface area contributed by atoms with Gasteiger partial charge in [0, 0.05) is 17.5 Å². The molecule has 7 heteroatoms. The number of hydrogen-bond donors (Lipinski definition) is 1. The van der Waals surface area contributed by atoms with Crippen molar-refractivity contribution in [3.05, 3.63) is 35.3 Å². The van der Waals surface area contributed by atoms with E-state index >= 15 is 0 Å². The maximum atomic E-state index is 12.0. The lowest BCUT2D eigenvalue weighted by atomic mass is 10.2. The maximum Gasteiger partial charge on any atom is 0.307 e. The lowest BCUT2D eigenvalue weighted by molar-refractivity contribution is -0.147. The Hall–Kier alpha value is -2.41. The molecule has 0 atom stereocenters. The van der Waals surface area contributed by atoms with Crippen molar-refractivity contribution in [2.45, 2.75) is 39.7 Å². The van der Waals surface area contributed by atoms with Crippen molar-refractivity contribution in [2.75, 3.05) is 13.2 Å². The summed E-state index contributed by atoms with van der Waals surface area (Å²) in [5, 5.41) is 5.45. The SMILES string of the molecule is CCOc1ccc(-c2nc(CC(=O)NCCC(=O)OC(C)C)cs2)cc1. The summed E-state index contributed by atoms with van der Waals surface area (Å²) in [6.07, 6.45) is 0.208. The molecule has 0 aliphatic heterocycles. The average molecular weight is 376 g/mol. The van der Waals surface area contributed by atoms with Crippen LogP contribution in [0.1, 0.15) is 32.9 Å². The number of carbonyl (C=O) groups is 2. The second kappa shape index (κ2) is 9.91. The summed E-state index contributed by atoms with van der Waals surface area (Å²) < 4.78 is 10.4. The molecule has 1 N–H and O–H groups in total. The normalized spacial score (nSPS) is 10.6. The molecule has 26 heavy (non-hydrogen) atoms. The molecule has 2 rings (SSSR count). The standard InChI is InChI=1S/C19H24N2O4S/c1-4-24-16-7-5-14(6-8-16)19-21-15(12-26-19)11-17(22)20-10-9-18(23)25-13(2)3/h5-8,12-13H,4,9-11H2,1-3H3,(H,20,22). The number of rotatable bonds is 9. The molecule has 0 bridgehead atoms. The van der Waals surface area contributed by atoms with E-state index in [1.807, 2.05) is 36.6 Å². The van der Waals surface area contributed by atoms with Crippen LogP contribution in [0.15, 0.2) is 29.6 Å². The van der Waals surface area contributed by atoms with Gasteiger partial charge >= 0.3 is 5.97 Å². The number of benzene rings is 1. The van der Waals surface area contributed by atoms with Crippen LogP contribution in [0, 0.1) is 0 Å². The Morgan fingerprint density at radius 3 is 2.62 bits per heavy atom. The predicted molar refractivity (Wildman–Crippen MR) is 101 cm³/mol. The molecular weight excluding hydrogens is 352 g/mol. The molecular formula is C19H24N2O4S. The highest BCUT2D eigenvalue weighted by Gasteiger charge is 2.10. The largest absolute Gasteiger partial charge is 0.494 e. The minimum atomic E-state index is -0.313. The van der Waals surface area contributed by atoms with Crippen LogP contribution in [0.2, 0.25) is 0 Å². The van der Waals surface area contributed by atoms with E-state index in [1.165, 1.54) is 11.3 Å². The summed E-state index contributed by atoms with van der Waals surface area (Å²) in [5.74, 6) is 0.348. The van der Waals surface area contributed by atoms with Gasteiger partial charge in [-0.15, -0.1) is 11.3 Å². The Bertz CT molecular complexity index is 725. The molecule has 2 aromatic rings. The third-order valence-electron chi connectivity index (χ3n) is 3.32. The fourth-order valence-corrected chi connectivity index (χ4v) is 3.06. The van der Waals surface area contributed by atoms with Gasteiger partial charge in [0.15, 0.2) is 0 Å². The summed E-state index contributed by atoms with van der Waals surface area (Å²) in [4.78, 5) is 27.9. The summed E-state index contributed by atoms with van der Waals surface area (Å²) in [6.45, 7) is 6.42. The average Bonchev–Trinajstić information content (AvgIpc) is 3.03. The molecule has 1 aromatic carbocycles. The Labute approximate surface area is 157 Å². The van der Waals surface area contributed by atoms with Gasteiger partial charge in [-0.25, -0.2) is 4.98 Å². The molecule has 0 spiro atoms. The van der Waals surface area contributed by atoms with Gasteiger partial charge in [0.25, 0.3) is 0 Å². The summed E-state index contributed by atoms with van der Waals surface area (Å²) in [6, 6.07) is 7.72. The van der Waals surface area contributed by atoms with E-state index in [1.54, 1.807) is 13.8 Å². The van der Waals surface area contributed by atoms with E-state index in [4.69, 9.17) is 9.47 Å². The summed E-state index contributed by atoms with van der Waals surface area (Å²) in [5.41, 5.74) is 1.70. The van der Waals surface area contributed by atoms with E-state index in [-0.39, 0.29) is 37.4 Å². The van der Waals surface area contributed by atoms with Gasteiger partial charge in [-0.3, -0.25) is 9.59 Å². The maximum absolute atomic E-state index is 12.0. The number of carbonyl (C=O) groups excluding carboxylic acids is 2. The van der Waals surface area contributed by atoms with Crippen LogP contribution in [0.25, 0.3) is 10.6 Å². The number of thiazole rings is 1. The summed E-state index contributed by atoms with van der Waals surface area (Å²) >= 11 is 1.49. The summed E-state index contributed by atoms with van der Waals surface area (Å²) in [7, 11) is 0. The Morgan fingerprint density at radius 2 is 1.96 bits per heavy atom. The number of ether oxygens (including phenoxy) is 2. The van der Waals surface area contributed by atoms with Crippen LogP contribution < -0.4 is 10.1 Å². The Balaban J connectivity index is 1.82. The topological polar surface area (TPSA) is 77.5 Å². The van der Waals surface area contributed by atoms with Crippen LogP contribution in [0.4, 0.5) is 0 Å². The zero-order valence-corrected chi connectivity index (χ0v) is 16.1. The van der Waals surface area contributed by atoms with Crippen molar-refractivity contribution < 1.29 is 19.1 Å². The molecule has 0 aliphatic carbocycles. The van der Waals surface area contributed by atoms with E-state index in [2.05, 4.69) is 10.3 Å². The third kappa shape index (κ3) is 6.48. The zero-order chi connectivity index (χ0) is 18.9. The molecule has 0 unspecified atom stereocenters. The zero-order valence-electron chi connectivity index (χ0n) is 15.3. The molecule has 6 nitrogen and oxygen atoms in total. The number of esters is 1. The fraction of sp³-hybridized carbons (Fsp3) is 0.421. The van der Waals surface area contributed by atoms with Crippen LogP contribution >= 0.6 is 11.3 Å². The van der Waals surface area contributed by atoms with E-state index in [0.717, 1.165) is 16.3 Å². The first kappa shape index (κ1) is 19.9. The van der Waals surface area contributed by atoms with Crippen LogP contribution in [-0.4, -0.2) is 36.1 Å². The lowest BCUT2D eigenvalue weighted by Crippen LogP contribution is -2.28. The quantitative estimate of drug-likeness (QED) is 0.680. The smallest absolute Gasteiger partial charge is 0.307 e. The first-order valence-electron chi connectivity index (χ1n) is 8.61. The molecule has 0 saturated carbocycles. The van der Waals surface area contributed by atoms with Crippen molar-refractivity contribution in [2.24, 2.45) is 0 Å². The van der Waals surface area contributed by atoms with Crippen LogP contribution in [0.3, 0.4) is 0 Å². The first-order chi connectivity index (χ1) is 12.5. The van der Waals surface area contributed by atoms with Crippen molar-refractivity contribution in [1.82, 2.24) is 10.3 Å². The van der Waals surface area contributed by atoms with Gasteiger partial charge in [0.2, 0.25) is 5.91 Å². The lowest BCUT2D eigenvalue weighted by Gasteiger charge is -2.08. The molecule has 0 radical (unpaired) electrons. The Morgan fingerprint density at radius 1 is 1.23 bits per heavy atom. The highest BCUT2D eigenvalue weighted by atomic mass is 32.1. The minimum Gasteiger partial charge on any atom is -0.494 e. The third-order valence-corrected chi connectivity index (χ3v) is 4.26. The van der Waals surface area contributed by atoms with Gasteiger partial charge in [0.1, 0.15) is 10.8 Å². The first-order valence-corrected chi connectivity index (χ1v) is 9.49. The highest BCUT2D eigenvalue weighted by Crippen LogP contribution is 2.25. The second-order valence-electron chi connectivity index (χ2n) is 5.92. The molecule has 0 saturated heterocycles. The number of nitrogens with one attached hydrogen (secondary N) is 1. The van der Waals surface area contributed by atoms with Crippen molar-refractivity contribution >= 4 is 23.2 Å². The number of amides is 1. The van der Waals surface area contributed by atoms with Crippen LogP contribution in [0.5, 0.6) is 5.75 Å². The van der Waals surface area contributed by atoms with Crippen molar-refractivity contribution in [3.8, 4) is 16.3 Å². The van der Waals surface area contributed by atoms with Gasteiger partial charge < -0.3 is 14.8 Å². The van der Waals surface area contributed by atoms with E-state index in [9.17, 15) is 9.59 Å². The van der Waals surface area contributed by atoms with Gasteiger partial charge in [-0.2, -0.15) is 0 Å². The van der Waals surface area contributed by atoms with Gasteiger partial charge in [-0.05, 0) is 45.0 Å². The molecule has 1 aromatic heterocycles. The monoisotopic (exact) mass is 376 g/mol. The molecule has 140 valence electrons. The number of hydrogen-bond acceptors (Lipinski definition) is 6. The molecule has 1 heterocycles. The minimum absolute atomic E-state index is 0.144. The second-order valence-corrected chi connectivity index (χ2v) is 6.77. The highest BCUT2D eigenvalue weighted by molar-refractivity contribution is 7.13. The number of nitrogens with zero attached hydrogens (tertiary/aromatic N) is 1. The van der Waals surface area contributed by atoms with E-state index < -0.39 is 0 Å². The van der Waals surface area contributed by atoms with Gasteiger partial charge in [-0.1, -0.05) is 0 Å². The van der Waals surface area contributed by atoms with Crippen LogP contribution in [-0.2, 0) is 20.7 Å². The van der Waals surface area contributed by atoms with Gasteiger partial charge in [0.05, 0.1) is 31.2 Å². The number of aromatic nitrogens is 1. The van der Waals surface area contributed by atoms with Crippen molar-refractivity contribution in [3.63, 3.8) is 0 Å².